The van der Waals surface area contributed by atoms with Crippen LogP contribution in [0.4, 0.5) is 0 Å². The van der Waals surface area contributed by atoms with Crippen LogP contribution in [-0.4, -0.2) is 10.2 Å². The first kappa shape index (κ1) is 7.84. The monoisotopic (exact) mass is 164 g/mol. The van der Waals surface area contributed by atoms with Crippen molar-refractivity contribution >= 4 is 0 Å². The molecule has 1 heterocycles. The molecule has 1 aliphatic carbocycles. The molecule has 1 aliphatic rings. The molecule has 0 radical (unpaired) electrons. The van der Waals surface area contributed by atoms with Gasteiger partial charge in [-0.3, -0.25) is 5.10 Å². The molecule has 2 rings (SSSR count). The third-order valence-electron chi connectivity index (χ3n) is 3.00. The second-order valence-electron chi connectivity index (χ2n) is 4.12. The zero-order valence-electron chi connectivity index (χ0n) is 7.80. The molecule has 1 aromatic heterocycles. The lowest BCUT2D eigenvalue weighted by Gasteiger charge is -2.24. The molecule has 1 aromatic rings. The molecule has 0 aromatic carbocycles. The predicted octanol–water partition coefficient (Wildman–Crippen LogP) is 2.17. The molecule has 0 fully saturated rings. The van der Waals surface area contributed by atoms with Gasteiger partial charge >= 0.3 is 0 Å². The SMILES string of the molecule is CC(C)[C@@H]1CCc2cn[nH]c2C1. The van der Waals surface area contributed by atoms with E-state index in [-0.39, 0.29) is 0 Å². The highest BCUT2D eigenvalue weighted by molar-refractivity contribution is 5.19. The van der Waals surface area contributed by atoms with E-state index in [0.717, 1.165) is 11.8 Å². The maximum Gasteiger partial charge on any atom is 0.0522 e. The summed E-state index contributed by atoms with van der Waals surface area (Å²) in [5, 5.41) is 7.17. The van der Waals surface area contributed by atoms with Crippen molar-refractivity contribution in [2.24, 2.45) is 11.8 Å². The fourth-order valence-electron chi connectivity index (χ4n) is 2.00. The smallest absolute Gasteiger partial charge is 0.0522 e. The zero-order chi connectivity index (χ0) is 8.55. The van der Waals surface area contributed by atoms with Crippen LogP contribution >= 0.6 is 0 Å². The fourth-order valence-corrected chi connectivity index (χ4v) is 2.00. The number of fused-ring (bicyclic) bond motifs is 1. The van der Waals surface area contributed by atoms with E-state index in [1.54, 1.807) is 0 Å². The van der Waals surface area contributed by atoms with E-state index < -0.39 is 0 Å². The average Bonchev–Trinajstić information content (AvgIpc) is 2.49. The molecule has 0 saturated heterocycles. The van der Waals surface area contributed by atoms with Crippen molar-refractivity contribution < 1.29 is 0 Å². The van der Waals surface area contributed by atoms with Crippen LogP contribution < -0.4 is 0 Å². The number of hydrogen-bond acceptors (Lipinski definition) is 1. The summed E-state index contributed by atoms with van der Waals surface area (Å²) in [7, 11) is 0. The summed E-state index contributed by atoms with van der Waals surface area (Å²) in [6.45, 7) is 4.62. The van der Waals surface area contributed by atoms with Crippen LogP contribution in [0.25, 0.3) is 0 Å². The highest BCUT2D eigenvalue weighted by atomic mass is 15.1. The van der Waals surface area contributed by atoms with Crippen LogP contribution in [0.5, 0.6) is 0 Å². The number of aromatic nitrogens is 2. The maximum atomic E-state index is 4.07. The molecule has 66 valence electrons. The van der Waals surface area contributed by atoms with Crippen LogP contribution in [0, 0.1) is 11.8 Å². The van der Waals surface area contributed by atoms with Crippen molar-refractivity contribution in [1.82, 2.24) is 10.2 Å². The van der Waals surface area contributed by atoms with E-state index >= 15 is 0 Å². The van der Waals surface area contributed by atoms with Crippen molar-refractivity contribution in [1.29, 1.82) is 0 Å². The van der Waals surface area contributed by atoms with E-state index in [1.807, 2.05) is 6.20 Å². The number of nitrogens with zero attached hydrogens (tertiary/aromatic N) is 1. The van der Waals surface area contributed by atoms with Crippen molar-refractivity contribution in [3.8, 4) is 0 Å². The second kappa shape index (κ2) is 2.92. The zero-order valence-corrected chi connectivity index (χ0v) is 7.80. The van der Waals surface area contributed by atoms with Crippen LogP contribution in [0.3, 0.4) is 0 Å². The van der Waals surface area contributed by atoms with Gasteiger partial charge in [0.1, 0.15) is 0 Å². The van der Waals surface area contributed by atoms with Crippen LogP contribution in [-0.2, 0) is 12.8 Å². The molecule has 2 nitrogen and oxygen atoms in total. The molecule has 0 amide bonds. The quantitative estimate of drug-likeness (QED) is 0.677. The number of hydrogen-bond donors (Lipinski definition) is 1. The number of aromatic amines is 1. The molecule has 0 spiro atoms. The van der Waals surface area contributed by atoms with Gasteiger partial charge in [-0.05, 0) is 36.7 Å². The number of nitrogens with one attached hydrogen (secondary N) is 1. The molecule has 1 N–H and O–H groups in total. The van der Waals surface area contributed by atoms with Crippen molar-refractivity contribution in [3.63, 3.8) is 0 Å². The largest absolute Gasteiger partial charge is 0.282 e. The minimum Gasteiger partial charge on any atom is -0.282 e. The molecule has 12 heavy (non-hydrogen) atoms. The highest BCUT2D eigenvalue weighted by Gasteiger charge is 2.21. The Kier molecular flexibility index (Phi) is 1.91. The standard InChI is InChI=1S/C10H16N2/c1-7(2)8-3-4-9-6-11-12-10(9)5-8/h6-8H,3-5H2,1-2H3,(H,11,12)/t8-/m1/s1. The summed E-state index contributed by atoms with van der Waals surface area (Å²) < 4.78 is 0. The Morgan fingerprint density at radius 2 is 2.42 bits per heavy atom. The number of aryl methyl sites for hydroxylation is 1. The molecular weight excluding hydrogens is 148 g/mol. The number of rotatable bonds is 1. The molecule has 0 saturated carbocycles. The van der Waals surface area contributed by atoms with Gasteiger partial charge in [0.2, 0.25) is 0 Å². The first-order chi connectivity index (χ1) is 5.77. The van der Waals surface area contributed by atoms with Crippen molar-refractivity contribution in [2.75, 3.05) is 0 Å². The van der Waals surface area contributed by atoms with Crippen LogP contribution in [0.1, 0.15) is 31.5 Å². The van der Waals surface area contributed by atoms with Crippen LogP contribution in [0.15, 0.2) is 6.20 Å². The van der Waals surface area contributed by atoms with E-state index in [1.165, 1.54) is 30.5 Å². The van der Waals surface area contributed by atoms with Gasteiger partial charge in [0, 0.05) is 5.69 Å². The highest BCUT2D eigenvalue weighted by Crippen LogP contribution is 2.28. The molecule has 0 bridgehead atoms. The Hall–Kier alpha value is -0.790. The van der Waals surface area contributed by atoms with Gasteiger partial charge in [0.25, 0.3) is 0 Å². The van der Waals surface area contributed by atoms with E-state index in [9.17, 15) is 0 Å². The van der Waals surface area contributed by atoms with Gasteiger partial charge in [0.05, 0.1) is 6.20 Å². The van der Waals surface area contributed by atoms with Gasteiger partial charge < -0.3 is 0 Å². The second-order valence-corrected chi connectivity index (χ2v) is 4.12. The lowest BCUT2D eigenvalue weighted by molar-refractivity contribution is 0.340. The minimum absolute atomic E-state index is 0.807. The first-order valence-electron chi connectivity index (χ1n) is 4.78. The number of H-pyrrole nitrogens is 1. The summed E-state index contributed by atoms with van der Waals surface area (Å²) in [6.07, 6.45) is 5.73. The Morgan fingerprint density at radius 3 is 3.17 bits per heavy atom. The summed E-state index contributed by atoms with van der Waals surface area (Å²) >= 11 is 0. The molecule has 0 aliphatic heterocycles. The van der Waals surface area contributed by atoms with E-state index in [0.29, 0.717) is 0 Å². The third kappa shape index (κ3) is 1.26. The minimum atomic E-state index is 0.807. The third-order valence-corrected chi connectivity index (χ3v) is 3.00. The molecule has 2 heteroatoms. The summed E-state index contributed by atoms with van der Waals surface area (Å²) in [5.41, 5.74) is 2.81. The maximum absolute atomic E-state index is 4.07. The van der Waals surface area contributed by atoms with Gasteiger partial charge in [-0.1, -0.05) is 13.8 Å². The van der Waals surface area contributed by atoms with Gasteiger partial charge in [-0.2, -0.15) is 5.10 Å². The van der Waals surface area contributed by atoms with E-state index in [2.05, 4.69) is 24.0 Å². The summed E-state index contributed by atoms with van der Waals surface area (Å²) in [6, 6.07) is 0. The predicted molar refractivity (Wildman–Crippen MR) is 48.9 cm³/mol. The summed E-state index contributed by atoms with van der Waals surface area (Å²) in [4.78, 5) is 0. The normalized spacial score (nSPS) is 22.8. The van der Waals surface area contributed by atoms with Gasteiger partial charge in [-0.25, -0.2) is 0 Å². The van der Waals surface area contributed by atoms with Gasteiger partial charge in [0.15, 0.2) is 0 Å². The van der Waals surface area contributed by atoms with Crippen molar-refractivity contribution in [2.45, 2.75) is 33.1 Å². The first-order valence-corrected chi connectivity index (χ1v) is 4.78. The van der Waals surface area contributed by atoms with E-state index in [4.69, 9.17) is 0 Å². The summed E-state index contributed by atoms with van der Waals surface area (Å²) in [5.74, 6) is 1.67. The Balaban J connectivity index is 2.15. The Morgan fingerprint density at radius 1 is 1.58 bits per heavy atom. The molecule has 0 unspecified atom stereocenters. The van der Waals surface area contributed by atoms with Gasteiger partial charge in [-0.15, -0.1) is 0 Å². The molecular formula is C10H16N2. The average molecular weight is 164 g/mol. The van der Waals surface area contributed by atoms with Crippen LogP contribution in [0.2, 0.25) is 0 Å². The Labute approximate surface area is 73.4 Å². The topological polar surface area (TPSA) is 28.7 Å². The lowest BCUT2D eigenvalue weighted by atomic mass is 9.81. The van der Waals surface area contributed by atoms with Crippen molar-refractivity contribution in [3.05, 3.63) is 17.5 Å². The lowest BCUT2D eigenvalue weighted by Crippen LogP contribution is -2.18. The Bertz CT molecular complexity index is 263. The molecule has 1 atom stereocenters. The fraction of sp³-hybridized carbons (Fsp3) is 0.700.